The molecule has 5 nitrogen and oxygen atoms in total. The van der Waals surface area contributed by atoms with Crippen LogP contribution in [-0.4, -0.2) is 39.5 Å². The highest BCUT2D eigenvalue weighted by Crippen LogP contribution is 2.24. The van der Waals surface area contributed by atoms with E-state index in [2.05, 4.69) is 4.98 Å². The highest BCUT2D eigenvalue weighted by atomic mass is 35.5. The molecule has 0 aliphatic carbocycles. The minimum atomic E-state index is -0.831. The Morgan fingerprint density at radius 3 is 2.95 bits per heavy atom. The fourth-order valence-corrected chi connectivity index (χ4v) is 2.76. The van der Waals surface area contributed by atoms with Crippen molar-refractivity contribution in [2.75, 3.05) is 6.54 Å². The predicted molar refractivity (Wildman–Crippen MR) is 74.8 cm³/mol. The van der Waals surface area contributed by atoms with E-state index in [4.69, 9.17) is 16.7 Å². The molecule has 1 aliphatic heterocycles. The summed E-state index contributed by atoms with van der Waals surface area (Å²) >= 11 is 5.96. The first kappa shape index (κ1) is 14.8. The average Bonchev–Trinajstić information content (AvgIpc) is 2.45. The Hall–Kier alpha value is -1.62. The van der Waals surface area contributed by atoms with Crippen LogP contribution in [0.25, 0.3) is 0 Å². The summed E-state index contributed by atoms with van der Waals surface area (Å²) in [4.78, 5) is 28.9. The Morgan fingerprint density at radius 1 is 1.45 bits per heavy atom. The molecule has 1 atom stereocenters. The minimum Gasteiger partial charge on any atom is -0.481 e. The molecule has 0 aromatic carbocycles. The molecule has 0 radical (unpaired) electrons. The molecular formula is C14H17ClN2O3. The van der Waals surface area contributed by atoms with Crippen LogP contribution in [0.5, 0.6) is 0 Å². The largest absolute Gasteiger partial charge is 0.481 e. The van der Waals surface area contributed by atoms with E-state index in [1.165, 1.54) is 6.20 Å². The molecule has 1 aliphatic rings. The number of nitrogens with zero attached hydrogens (tertiary/aromatic N) is 2. The van der Waals surface area contributed by atoms with E-state index in [1.807, 2.05) is 0 Å². The van der Waals surface area contributed by atoms with Crippen LogP contribution < -0.4 is 0 Å². The molecule has 1 aromatic rings. The molecule has 1 amide bonds. The van der Waals surface area contributed by atoms with Crippen molar-refractivity contribution in [3.63, 3.8) is 0 Å². The first-order valence-corrected chi connectivity index (χ1v) is 7.10. The number of hydrogen-bond donors (Lipinski definition) is 1. The van der Waals surface area contributed by atoms with Crippen LogP contribution in [0.1, 0.15) is 42.5 Å². The van der Waals surface area contributed by atoms with Crippen molar-refractivity contribution in [2.45, 2.75) is 38.1 Å². The van der Waals surface area contributed by atoms with Crippen LogP contribution in [0.15, 0.2) is 18.3 Å². The van der Waals surface area contributed by atoms with Gasteiger partial charge in [-0.15, -0.1) is 0 Å². The third-order valence-electron chi connectivity index (χ3n) is 3.57. The highest BCUT2D eigenvalue weighted by molar-refractivity contribution is 6.32. The molecule has 108 valence electrons. The van der Waals surface area contributed by atoms with Gasteiger partial charge in [0.2, 0.25) is 0 Å². The van der Waals surface area contributed by atoms with E-state index in [1.54, 1.807) is 17.0 Å². The van der Waals surface area contributed by atoms with Crippen LogP contribution in [0.2, 0.25) is 5.15 Å². The van der Waals surface area contributed by atoms with E-state index in [0.29, 0.717) is 18.5 Å². The van der Waals surface area contributed by atoms with Crippen molar-refractivity contribution in [3.05, 3.63) is 29.0 Å². The standard InChI is InChI=1S/C14H17ClN2O3/c15-13-11(5-3-8-16-13)14(20)17-9-2-1-4-10(17)6-7-12(18)19/h3,5,8,10H,1-2,4,6-7,9H2,(H,18,19). The zero-order chi connectivity index (χ0) is 14.5. The van der Waals surface area contributed by atoms with Gasteiger partial charge >= 0.3 is 5.97 Å². The first-order valence-electron chi connectivity index (χ1n) is 6.73. The maximum atomic E-state index is 12.5. The van der Waals surface area contributed by atoms with Gasteiger partial charge < -0.3 is 10.0 Å². The first-order chi connectivity index (χ1) is 9.59. The third kappa shape index (κ3) is 3.48. The molecule has 1 saturated heterocycles. The lowest BCUT2D eigenvalue weighted by Gasteiger charge is -2.35. The molecule has 20 heavy (non-hydrogen) atoms. The van der Waals surface area contributed by atoms with Crippen molar-refractivity contribution in [3.8, 4) is 0 Å². The maximum Gasteiger partial charge on any atom is 0.303 e. The average molecular weight is 297 g/mol. The van der Waals surface area contributed by atoms with E-state index in [-0.39, 0.29) is 23.5 Å². The molecule has 0 spiro atoms. The van der Waals surface area contributed by atoms with Gasteiger partial charge in [0.05, 0.1) is 5.56 Å². The summed E-state index contributed by atoms with van der Waals surface area (Å²) in [5.74, 6) is -0.986. The summed E-state index contributed by atoms with van der Waals surface area (Å²) in [7, 11) is 0. The van der Waals surface area contributed by atoms with Crippen molar-refractivity contribution in [1.29, 1.82) is 0 Å². The van der Waals surface area contributed by atoms with Gasteiger partial charge in [-0.25, -0.2) is 4.98 Å². The number of carboxylic acid groups (broad SMARTS) is 1. The van der Waals surface area contributed by atoms with Gasteiger partial charge in [-0.1, -0.05) is 11.6 Å². The number of hydrogen-bond acceptors (Lipinski definition) is 3. The predicted octanol–water partition coefficient (Wildman–Crippen LogP) is 2.59. The Labute approximate surface area is 122 Å². The summed E-state index contributed by atoms with van der Waals surface area (Å²) in [6, 6.07) is 3.30. The van der Waals surface area contributed by atoms with Gasteiger partial charge in [-0.2, -0.15) is 0 Å². The van der Waals surface area contributed by atoms with E-state index in [0.717, 1.165) is 19.3 Å². The number of carbonyl (C=O) groups is 2. The van der Waals surface area contributed by atoms with Crippen LogP contribution >= 0.6 is 11.6 Å². The highest BCUT2D eigenvalue weighted by Gasteiger charge is 2.28. The lowest BCUT2D eigenvalue weighted by molar-refractivity contribution is -0.137. The van der Waals surface area contributed by atoms with Crippen molar-refractivity contribution < 1.29 is 14.7 Å². The van der Waals surface area contributed by atoms with Gasteiger partial charge in [-0.3, -0.25) is 9.59 Å². The Morgan fingerprint density at radius 2 is 2.25 bits per heavy atom. The van der Waals surface area contributed by atoms with Crippen LogP contribution in [0.3, 0.4) is 0 Å². The fourth-order valence-electron chi connectivity index (χ4n) is 2.56. The molecule has 1 aromatic heterocycles. The number of likely N-dealkylation sites (tertiary alicyclic amines) is 1. The molecule has 2 rings (SSSR count). The maximum absolute atomic E-state index is 12.5. The number of amides is 1. The van der Waals surface area contributed by atoms with Crippen molar-refractivity contribution >= 4 is 23.5 Å². The molecule has 0 bridgehead atoms. The number of aromatic nitrogens is 1. The number of pyridine rings is 1. The minimum absolute atomic E-state index is 0.0244. The number of aliphatic carboxylic acids is 1. The van der Waals surface area contributed by atoms with Crippen molar-refractivity contribution in [1.82, 2.24) is 9.88 Å². The summed E-state index contributed by atoms with van der Waals surface area (Å²) in [6.07, 6.45) is 4.91. The normalized spacial score (nSPS) is 18.9. The van der Waals surface area contributed by atoms with Crippen LogP contribution in [0, 0.1) is 0 Å². The van der Waals surface area contributed by atoms with Gasteiger partial charge in [0.15, 0.2) is 0 Å². The zero-order valence-corrected chi connectivity index (χ0v) is 11.8. The van der Waals surface area contributed by atoms with Crippen LogP contribution in [0.4, 0.5) is 0 Å². The zero-order valence-electron chi connectivity index (χ0n) is 11.1. The van der Waals surface area contributed by atoms with Gasteiger partial charge in [0.25, 0.3) is 5.91 Å². The lowest BCUT2D eigenvalue weighted by atomic mass is 9.97. The van der Waals surface area contributed by atoms with E-state index >= 15 is 0 Å². The van der Waals surface area contributed by atoms with E-state index in [9.17, 15) is 9.59 Å². The second-order valence-electron chi connectivity index (χ2n) is 4.92. The summed E-state index contributed by atoms with van der Waals surface area (Å²) in [6.45, 7) is 0.647. The van der Waals surface area contributed by atoms with Gasteiger partial charge in [-0.05, 0) is 37.8 Å². The molecule has 1 N–H and O–H groups in total. The number of halogens is 1. The third-order valence-corrected chi connectivity index (χ3v) is 3.87. The monoisotopic (exact) mass is 296 g/mol. The summed E-state index contributed by atoms with van der Waals surface area (Å²) in [5.41, 5.74) is 0.386. The number of rotatable bonds is 4. The molecule has 1 unspecified atom stereocenters. The van der Waals surface area contributed by atoms with Crippen LogP contribution in [-0.2, 0) is 4.79 Å². The van der Waals surface area contributed by atoms with Crippen molar-refractivity contribution in [2.24, 2.45) is 0 Å². The molecule has 2 heterocycles. The van der Waals surface area contributed by atoms with Gasteiger partial charge in [0, 0.05) is 25.2 Å². The Kier molecular flexibility index (Phi) is 4.95. The smallest absolute Gasteiger partial charge is 0.303 e. The fraction of sp³-hybridized carbons (Fsp3) is 0.500. The molecule has 0 saturated carbocycles. The Balaban J connectivity index is 2.13. The number of piperidine rings is 1. The second-order valence-corrected chi connectivity index (χ2v) is 5.28. The van der Waals surface area contributed by atoms with E-state index < -0.39 is 5.97 Å². The lowest BCUT2D eigenvalue weighted by Crippen LogP contribution is -2.44. The van der Waals surface area contributed by atoms with Gasteiger partial charge in [0.1, 0.15) is 5.15 Å². The summed E-state index contributed by atoms with van der Waals surface area (Å²) in [5, 5.41) is 8.99. The summed E-state index contributed by atoms with van der Waals surface area (Å²) < 4.78 is 0. The molecule has 6 heteroatoms. The molecular weight excluding hydrogens is 280 g/mol. The quantitative estimate of drug-likeness (QED) is 0.867. The molecule has 1 fully saturated rings. The number of carboxylic acids is 1. The second kappa shape index (κ2) is 6.70. The number of carbonyl (C=O) groups excluding carboxylic acids is 1. The Bertz CT molecular complexity index is 507. The topological polar surface area (TPSA) is 70.5 Å². The SMILES string of the molecule is O=C(O)CCC1CCCCN1C(=O)c1cccnc1Cl.